The predicted molar refractivity (Wildman–Crippen MR) is 98.6 cm³/mol. The van der Waals surface area contributed by atoms with Gasteiger partial charge < -0.3 is 9.31 Å². The lowest BCUT2D eigenvalue weighted by Crippen LogP contribution is -2.41. The molecule has 2 nitrogen and oxygen atoms in total. The van der Waals surface area contributed by atoms with Gasteiger partial charge in [-0.3, -0.25) is 0 Å². The van der Waals surface area contributed by atoms with Crippen LogP contribution in [0.25, 0.3) is 0 Å². The lowest BCUT2D eigenvalue weighted by Gasteiger charge is -2.32. The highest BCUT2D eigenvalue weighted by Gasteiger charge is 2.53. The normalized spacial score (nSPS) is 21.5. The Balaban J connectivity index is 2.09. The maximum absolute atomic E-state index is 6.31. The Morgan fingerprint density at radius 3 is 2.17 bits per heavy atom. The molecule has 1 aromatic rings. The van der Waals surface area contributed by atoms with Crippen molar-refractivity contribution in [2.24, 2.45) is 0 Å². The summed E-state index contributed by atoms with van der Waals surface area (Å²) in [4.78, 5) is 0. The molecule has 0 spiro atoms. The highest BCUT2D eigenvalue weighted by atomic mass is 16.7. The van der Waals surface area contributed by atoms with E-state index >= 15 is 0 Å². The second-order valence-corrected chi connectivity index (χ2v) is 7.75. The van der Waals surface area contributed by atoms with Gasteiger partial charge in [0.2, 0.25) is 0 Å². The van der Waals surface area contributed by atoms with Gasteiger partial charge in [0.1, 0.15) is 0 Å². The highest BCUT2D eigenvalue weighted by Crippen LogP contribution is 2.42. The van der Waals surface area contributed by atoms with E-state index < -0.39 is 0 Å². The lowest BCUT2D eigenvalue weighted by molar-refractivity contribution is 0.00578. The minimum Gasteiger partial charge on any atom is -0.403 e. The fourth-order valence-electron chi connectivity index (χ4n) is 2.94. The second kappa shape index (κ2) is 7.23. The van der Waals surface area contributed by atoms with Gasteiger partial charge in [-0.1, -0.05) is 42.0 Å². The fourth-order valence-corrected chi connectivity index (χ4v) is 2.94. The van der Waals surface area contributed by atoms with Crippen LogP contribution in [0, 0.1) is 0 Å². The first kappa shape index (κ1) is 18.3. The predicted octanol–water partition coefficient (Wildman–Crippen LogP) is 5.44. The third-order valence-corrected chi connectivity index (χ3v) is 5.38. The number of rotatable bonds is 6. The largest absolute Gasteiger partial charge is 0.461 e. The van der Waals surface area contributed by atoms with Crippen LogP contribution in [0.4, 0.5) is 0 Å². The molecule has 0 unspecified atom stereocenters. The van der Waals surface area contributed by atoms with Crippen molar-refractivity contribution in [2.75, 3.05) is 0 Å². The van der Waals surface area contributed by atoms with E-state index in [1.165, 1.54) is 11.1 Å². The Morgan fingerprint density at radius 2 is 1.65 bits per heavy atom. The zero-order valence-corrected chi connectivity index (χ0v) is 15.6. The summed E-state index contributed by atoms with van der Waals surface area (Å²) in [7, 11) is -0.126. The maximum Gasteiger partial charge on any atom is 0.461 e. The Morgan fingerprint density at radius 1 is 1.09 bits per heavy atom. The van der Waals surface area contributed by atoms with E-state index in [1.807, 2.05) is 0 Å². The fraction of sp³-hybridized carbons (Fsp3) is 0.600. The maximum atomic E-state index is 6.31. The number of hydrogen-bond donors (Lipinski definition) is 0. The van der Waals surface area contributed by atoms with Crippen LogP contribution in [-0.4, -0.2) is 18.3 Å². The molecule has 1 fully saturated rings. The number of allylic oxidation sites excluding steroid dienone is 2. The molecule has 1 heterocycles. The van der Waals surface area contributed by atoms with Crippen molar-refractivity contribution in [3.8, 4) is 0 Å². The molecule has 23 heavy (non-hydrogen) atoms. The summed E-state index contributed by atoms with van der Waals surface area (Å²) in [6, 6.07) is 10.7. The summed E-state index contributed by atoms with van der Waals surface area (Å²) < 4.78 is 12.6. The average Bonchev–Trinajstić information content (AvgIpc) is 2.72. The van der Waals surface area contributed by atoms with Crippen LogP contribution in [0.5, 0.6) is 0 Å². The third-order valence-electron chi connectivity index (χ3n) is 5.38. The molecule has 1 atom stereocenters. The molecule has 2 rings (SSSR count). The van der Waals surface area contributed by atoms with E-state index in [-0.39, 0.29) is 18.3 Å². The van der Waals surface area contributed by atoms with Crippen molar-refractivity contribution in [2.45, 2.75) is 77.8 Å². The molecule has 0 aliphatic carbocycles. The third kappa shape index (κ3) is 4.48. The van der Waals surface area contributed by atoms with Gasteiger partial charge in [0.15, 0.2) is 0 Å². The zero-order valence-electron chi connectivity index (χ0n) is 15.6. The minimum absolute atomic E-state index is 0.126. The van der Waals surface area contributed by atoms with Crippen molar-refractivity contribution >= 4 is 7.12 Å². The monoisotopic (exact) mass is 314 g/mol. The first-order valence-electron chi connectivity index (χ1n) is 8.76. The second-order valence-electron chi connectivity index (χ2n) is 7.75. The molecule has 0 radical (unpaired) electrons. The molecule has 1 aliphatic heterocycles. The van der Waals surface area contributed by atoms with Gasteiger partial charge in [-0.25, -0.2) is 0 Å². The average molecular weight is 314 g/mol. The van der Waals surface area contributed by atoms with Gasteiger partial charge >= 0.3 is 7.12 Å². The first-order chi connectivity index (χ1) is 10.7. The molecule has 1 aliphatic rings. The lowest BCUT2D eigenvalue weighted by atomic mass is 9.66. The van der Waals surface area contributed by atoms with E-state index in [1.54, 1.807) is 0 Å². The van der Waals surface area contributed by atoms with Crippen molar-refractivity contribution in [1.82, 2.24) is 0 Å². The van der Waals surface area contributed by atoms with E-state index in [4.69, 9.17) is 9.31 Å². The Bertz CT molecular complexity index is 518. The molecule has 0 bridgehead atoms. The summed E-state index contributed by atoms with van der Waals surface area (Å²) in [5.74, 6) is 0.382. The Kier molecular flexibility index (Phi) is 5.75. The van der Waals surface area contributed by atoms with Gasteiger partial charge in [0, 0.05) is 0 Å². The van der Waals surface area contributed by atoms with Gasteiger partial charge in [0.05, 0.1) is 11.2 Å². The standard InChI is InChI=1S/C20H31BO2/c1-7-16(2)15-18(14-13-17-11-9-8-10-12-17)21-22-19(3,4)20(5,6)23-21/h7-12,18H,13-15H2,1-6H3/b16-7+/t18-/m0/s1. The molecule has 0 saturated carbocycles. The first-order valence-corrected chi connectivity index (χ1v) is 8.76. The molecule has 0 aromatic heterocycles. The van der Waals surface area contributed by atoms with Crippen LogP contribution in [0.1, 0.15) is 59.9 Å². The van der Waals surface area contributed by atoms with Crippen LogP contribution in [0.3, 0.4) is 0 Å². The van der Waals surface area contributed by atoms with E-state index in [0.29, 0.717) is 5.82 Å². The van der Waals surface area contributed by atoms with E-state index in [2.05, 4.69) is 78.0 Å². The zero-order chi connectivity index (χ0) is 17.1. The molecule has 3 heteroatoms. The molecule has 0 amide bonds. The van der Waals surface area contributed by atoms with Crippen molar-refractivity contribution < 1.29 is 9.31 Å². The summed E-state index contributed by atoms with van der Waals surface area (Å²) in [6.07, 6.45) is 5.36. The van der Waals surface area contributed by atoms with Gasteiger partial charge in [-0.15, -0.1) is 0 Å². The van der Waals surface area contributed by atoms with Crippen molar-refractivity contribution in [1.29, 1.82) is 0 Å². The van der Waals surface area contributed by atoms with Crippen LogP contribution in [0.2, 0.25) is 5.82 Å². The summed E-state index contributed by atoms with van der Waals surface area (Å²) in [6.45, 7) is 12.8. The van der Waals surface area contributed by atoms with Gasteiger partial charge in [-0.2, -0.15) is 0 Å². The van der Waals surface area contributed by atoms with Crippen molar-refractivity contribution in [3.63, 3.8) is 0 Å². The minimum atomic E-state index is -0.257. The topological polar surface area (TPSA) is 18.5 Å². The Labute approximate surface area is 142 Å². The van der Waals surface area contributed by atoms with Crippen LogP contribution in [0.15, 0.2) is 42.0 Å². The van der Waals surface area contributed by atoms with Gasteiger partial charge in [0.25, 0.3) is 0 Å². The Hall–Kier alpha value is -1.06. The molecule has 1 aromatic carbocycles. The SMILES string of the molecule is C/C=C(\C)C[C@H](CCc1ccccc1)B1OC(C)(C)C(C)(C)O1. The molecule has 0 N–H and O–H groups in total. The van der Waals surface area contributed by atoms with Crippen LogP contribution in [-0.2, 0) is 15.7 Å². The summed E-state index contributed by atoms with van der Waals surface area (Å²) >= 11 is 0. The molecular weight excluding hydrogens is 283 g/mol. The highest BCUT2D eigenvalue weighted by molar-refractivity contribution is 6.47. The molecule has 1 saturated heterocycles. The number of hydrogen-bond acceptors (Lipinski definition) is 2. The van der Waals surface area contributed by atoms with Crippen LogP contribution < -0.4 is 0 Å². The summed E-state index contributed by atoms with van der Waals surface area (Å²) in [5, 5.41) is 0. The van der Waals surface area contributed by atoms with Crippen LogP contribution >= 0.6 is 0 Å². The van der Waals surface area contributed by atoms with E-state index in [0.717, 1.165) is 19.3 Å². The van der Waals surface area contributed by atoms with Gasteiger partial charge in [-0.05, 0) is 72.2 Å². The number of benzene rings is 1. The van der Waals surface area contributed by atoms with E-state index in [9.17, 15) is 0 Å². The summed E-state index contributed by atoms with van der Waals surface area (Å²) in [5.41, 5.74) is 2.27. The molecular formula is C20H31BO2. The van der Waals surface area contributed by atoms with Crippen molar-refractivity contribution in [3.05, 3.63) is 47.5 Å². The smallest absolute Gasteiger partial charge is 0.403 e. The molecule has 126 valence electrons. The quantitative estimate of drug-likeness (QED) is 0.514. The number of aryl methyl sites for hydroxylation is 1.